The van der Waals surface area contributed by atoms with Crippen molar-refractivity contribution in [3.8, 4) is 0 Å². The first-order valence-electron chi connectivity index (χ1n) is 8.20. The molecule has 6 heteroatoms. The van der Waals surface area contributed by atoms with Gasteiger partial charge in [0.25, 0.3) is 0 Å². The summed E-state index contributed by atoms with van der Waals surface area (Å²) < 4.78 is 0. The first-order valence-corrected chi connectivity index (χ1v) is 8.20. The van der Waals surface area contributed by atoms with Crippen LogP contribution < -0.4 is 9.80 Å². The Labute approximate surface area is 133 Å². The van der Waals surface area contributed by atoms with Crippen molar-refractivity contribution in [2.45, 2.75) is 24.9 Å². The van der Waals surface area contributed by atoms with Crippen molar-refractivity contribution in [3.63, 3.8) is 0 Å². The molecule has 1 aromatic rings. The molecule has 2 atom stereocenters. The monoisotopic (exact) mass is 304 g/mol. The Kier molecular flexibility index (Phi) is 4.49. The summed E-state index contributed by atoms with van der Waals surface area (Å²) in [4.78, 5) is 18.7. The highest BCUT2D eigenvalue weighted by molar-refractivity contribution is 5.63. The van der Waals surface area contributed by atoms with Crippen molar-refractivity contribution in [3.05, 3.63) is 12.4 Å². The van der Waals surface area contributed by atoms with E-state index in [2.05, 4.69) is 57.8 Å². The molecule has 0 N–H and O–H groups in total. The summed E-state index contributed by atoms with van der Waals surface area (Å²) in [5.74, 6) is 2.12. The summed E-state index contributed by atoms with van der Waals surface area (Å²) in [6, 6.07) is 1.23. The van der Waals surface area contributed by atoms with E-state index in [-0.39, 0.29) is 0 Å². The van der Waals surface area contributed by atoms with Gasteiger partial charge in [-0.15, -0.1) is 0 Å². The lowest BCUT2D eigenvalue weighted by atomic mass is 10.2. The summed E-state index contributed by atoms with van der Waals surface area (Å²) in [6.45, 7) is 4.23. The summed E-state index contributed by atoms with van der Waals surface area (Å²) >= 11 is 0. The lowest BCUT2D eigenvalue weighted by Gasteiger charge is -2.26. The van der Waals surface area contributed by atoms with Crippen LogP contribution in [-0.2, 0) is 0 Å². The Balaban J connectivity index is 1.77. The van der Waals surface area contributed by atoms with Crippen LogP contribution in [0.1, 0.15) is 12.8 Å². The smallest absolute Gasteiger partial charge is 0.172 e. The van der Waals surface area contributed by atoms with E-state index in [1.165, 1.54) is 12.8 Å². The Bertz CT molecular complexity index is 458. The van der Waals surface area contributed by atoms with E-state index in [0.29, 0.717) is 12.1 Å². The van der Waals surface area contributed by atoms with Gasteiger partial charge in [0.15, 0.2) is 11.6 Å². The van der Waals surface area contributed by atoms with Gasteiger partial charge in [0.05, 0.1) is 0 Å². The molecular formula is C16H28N6. The molecule has 22 heavy (non-hydrogen) atoms. The van der Waals surface area contributed by atoms with Crippen molar-refractivity contribution < 1.29 is 0 Å². The van der Waals surface area contributed by atoms with Crippen LogP contribution in [0.25, 0.3) is 0 Å². The van der Waals surface area contributed by atoms with Crippen LogP contribution in [0.2, 0.25) is 0 Å². The van der Waals surface area contributed by atoms with Crippen LogP contribution in [0.3, 0.4) is 0 Å². The van der Waals surface area contributed by atoms with Gasteiger partial charge in [0, 0.05) is 50.7 Å². The van der Waals surface area contributed by atoms with E-state index in [9.17, 15) is 0 Å². The molecule has 6 nitrogen and oxygen atoms in total. The van der Waals surface area contributed by atoms with E-state index in [0.717, 1.165) is 37.8 Å². The molecule has 0 bridgehead atoms. The fourth-order valence-electron chi connectivity index (χ4n) is 3.48. The molecule has 0 saturated carbocycles. The average Bonchev–Trinajstić information content (AvgIpc) is 3.17. The maximum absolute atomic E-state index is 4.66. The van der Waals surface area contributed by atoms with Gasteiger partial charge in [-0.05, 0) is 41.0 Å². The molecule has 122 valence electrons. The maximum Gasteiger partial charge on any atom is 0.172 e. The quantitative estimate of drug-likeness (QED) is 0.818. The van der Waals surface area contributed by atoms with Gasteiger partial charge in [0.2, 0.25) is 0 Å². The maximum atomic E-state index is 4.66. The highest BCUT2D eigenvalue weighted by Crippen LogP contribution is 2.30. The van der Waals surface area contributed by atoms with E-state index >= 15 is 0 Å². The summed E-state index contributed by atoms with van der Waals surface area (Å²) in [5.41, 5.74) is 0. The van der Waals surface area contributed by atoms with Gasteiger partial charge in [-0.25, -0.2) is 9.97 Å². The van der Waals surface area contributed by atoms with Gasteiger partial charge < -0.3 is 19.6 Å². The predicted molar refractivity (Wildman–Crippen MR) is 90.6 cm³/mol. The number of hydrogen-bond donors (Lipinski definition) is 0. The summed E-state index contributed by atoms with van der Waals surface area (Å²) in [6.07, 6.45) is 6.04. The van der Waals surface area contributed by atoms with Crippen LogP contribution >= 0.6 is 0 Å². The van der Waals surface area contributed by atoms with E-state index in [1.54, 1.807) is 0 Å². The standard InChI is InChI=1S/C16H28N6/c1-19(2)13-5-9-21(11-13)15-16(18-8-7-17-15)22-10-6-14(12-22)20(3)4/h7-8,13-14H,5-6,9-12H2,1-4H3/t13-,14-/m0/s1. The molecule has 0 unspecified atom stereocenters. The number of anilines is 2. The van der Waals surface area contributed by atoms with Crippen molar-refractivity contribution in [1.29, 1.82) is 0 Å². The minimum atomic E-state index is 0.614. The second-order valence-electron chi connectivity index (χ2n) is 6.91. The third kappa shape index (κ3) is 3.03. The van der Waals surface area contributed by atoms with Crippen molar-refractivity contribution in [1.82, 2.24) is 19.8 Å². The molecule has 0 amide bonds. The highest BCUT2D eigenvalue weighted by Gasteiger charge is 2.31. The Morgan fingerprint density at radius 2 is 1.23 bits per heavy atom. The lowest BCUT2D eigenvalue weighted by Crippen LogP contribution is -2.34. The zero-order valence-corrected chi connectivity index (χ0v) is 14.2. The fourth-order valence-corrected chi connectivity index (χ4v) is 3.48. The Morgan fingerprint density at radius 3 is 1.55 bits per heavy atom. The molecule has 0 aliphatic carbocycles. The number of aromatic nitrogens is 2. The molecule has 2 fully saturated rings. The number of nitrogens with zero attached hydrogens (tertiary/aromatic N) is 6. The topological polar surface area (TPSA) is 38.7 Å². The molecule has 2 aliphatic heterocycles. The molecule has 2 aliphatic rings. The SMILES string of the molecule is CN(C)[C@H]1CCN(c2nccnc2N2CC[C@H](N(C)C)C2)C1. The second-order valence-corrected chi connectivity index (χ2v) is 6.91. The van der Waals surface area contributed by atoms with Crippen LogP contribution in [0, 0.1) is 0 Å². The van der Waals surface area contributed by atoms with E-state index in [1.807, 2.05) is 12.4 Å². The number of hydrogen-bond acceptors (Lipinski definition) is 6. The molecular weight excluding hydrogens is 276 g/mol. The first kappa shape index (κ1) is 15.5. The molecule has 0 radical (unpaired) electrons. The molecule has 0 spiro atoms. The number of rotatable bonds is 4. The molecule has 3 rings (SSSR count). The highest BCUT2D eigenvalue weighted by atomic mass is 15.3. The van der Waals surface area contributed by atoms with Gasteiger partial charge in [-0.2, -0.15) is 0 Å². The average molecular weight is 304 g/mol. The molecule has 2 saturated heterocycles. The van der Waals surface area contributed by atoms with Crippen molar-refractivity contribution in [2.24, 2.45) is 0 Å². The third-order valence-electron chi connectivity index (χ3n) is 5.05. The number of likely N-dealkylation sites (N-methyl/N-ethyl adjacent to an activating group) is 2. The molecule has 3 heterocycles. The minimum absolute atomic E-state index is 0.614. The zero-order chi connectivity index (χ0) is 15.7. The normalized spacial score (nSPS) is 25.7. The third-order valence-corrected chi connectivity index (χ3v) is 5.05. The second kappa shape index (κ2) is 6.38. The van der Waals surface area contributed by atoms with Crippen LogP contribution in [-0.4, -0.2) is 86.2 Å². The molecule has 1 aromatic heterocycles. The van der Waals surface area contributed by atoms with Crippen LogP contribution in [0.4, 0.5) is 11.6 Å². The fraction of sp³-hybridized carbons (Fsp3) is 0.750. The van der Waals surface area contributed by atoms with Crippen molar-refractivity contribution >= 4 is 11.6 Å². The predicted octanol–water partition coefficient (Wildman–Crippen LogP) is 0.757. The van der Waals surface area contributed by atoms with E-state index < -0.39 is 0 Å². The minimum Gasteiger partial charge on any atom is -0.352 e. The Hall–Kier alpha value is -1.40. The van der Waals surface area contributed by atoms with Gasteiger partial charge in [-0.1, -0.05) is 0 Å². The van der Waals surface area contributed by atoms with Crippen LogP contribution in [0.15, 0.2) is 12.4 Å². The largest absolute Gasteiger partial charge is 0.352 e. The van der Waals surface area contributed by atoms with Gasteiger partial charge in [0.1, 0.15) is 0 Å². The Morgan fingerprint density at radius 1 is 0.818 bits per heavy atom. The summed E-state index contributed by atoms with van der Waals surface area (Å²) in [7, 11) is 8.64. The zero-order valence-electron chi connectivity index (χ0n) is 14.2. The lowest BCUT2D eigenvalue weighted by molar-refractivity contribution is 0.315. The first-order chi connectivity index (χ1) is 10.6. The van der Waals surface area contributed by atoms with Gasteiger partial charge >= 0.3 is 0 Å². The van der Waals surface area contributed by atoms with Crippen LogP contribution in [0.5, 0.6) is 0 Å². The van der Waals surface area contributed by atoms with Crippen molar-refractivity contribution in [2.75, 3.05) is 64.2 Å². The van der Waals surface area contributed by atoms with Gasteiger partial charge in [-0.3, -0.25) is 0 Å². The van der Waals surface area contributed by atoms with E-state index in [4.69, 9.17) is 0 Å². The summed E-state index contributed by atoms with van der Waals surface area (Å²) in [5, 5.41) is 0. The molecule has 0 aromatic carbocycles.